The molecule has 0 bridgehead atoms. The molecule has 8 nitrogen and oxygen atoms in total. The van der Waals surface area contributed by atoms with Crippen LogP contribution < -0.4 is 10.1 Å². The van der Waals surface area contributed by atoms with Gasteiger partial charge in [0.1, 0.15) is 29.8 Å². The average molecular weight is 391 g/mol. The summed E-state index contributed by atoms with van der Waals surface area (Å²) in [6.45, 7) is 2.78. The predicted molar refractivity (Wildman–Crippen MR) is 97.1 cm³/mol. The van der Waals surface area contributed by atoms with Gasteiger partial charge in [0, 0.05) is 18.6 Å². The molecule has 1 fully saturated rings. The first kappa shape index (κ1) is 17.8. The Morgan fingerprint density at radius 1 is 1.44 bits per heavy atom. The van der Waals surface area contributed by atoms with E-state index >= 15 is 0 Å². The molecule has 2 heterocycles. The highest BCUT2D eigenvalue weighted by Gasteiger charge is 2.37. The number of nitrogens with zero attached hydrogens (tertiary/aromatic N) is 3. The second-order valence-electron chi connectivity index (χ2n) is 6.24. The van der Waals surface area contributed by atoms with Crippen molar-refractivity contribution in [3.63, 3.8) is 0 Å². The van der Waals surface area contributed by atoms with Crippen molar-refractivity contribution in [3.8, 4) is 5.75 Å². The molecule has 0 radical (unpaired) electrons. The number of anilines is 1. The molecule has 27 heavy (non-hydrogen) atoms. The van der Waals surface area contributed by atoms with Gasteiger partial charge >= 0.3 is 0 Å². The molecule has 10 heteroatoms. The number of halogens is 1. The lowest BCUT2D eigenvalue weighted by Gasteiger charge is -2.34. The van der Waals surface area contributed by atoms with E-state index in [0.717, 1.165) is 4.70 Å². The fourth-order valence-corrected chi connectivity index (χ4v) is 3.59. The second kappa shape index (κ2) is 7.57. The summed E-state index contributed by atoms with van der Waals surface area (Å²) in [7, 11) is 0. The number of rotatable bonds is 7. The first-order valence-corrected chi connectivity index (χ1v) is 9.49. The molecule has 2 aromatic heterocycles. The van der Waals surface area contributed by atoms with E-state index in [9.17, 15) is 9.18 Å². The highest BCUT2D eigenvalue weighted by Crippen LogP contribution is 2.35. The zero-order valence-corrected chi connectivity index (χ0v) is 15.4. The molecule has 0 saturated heterocycles. The fraction of sp³-hybridized carbons (Fsp3) is 0.412. The Labute approximate surface area is 158 Å². The minimum absolute atomic E-state index is 0.145. The van der Waals surface area contributed by atoms with Gasteiger partial charge in [-0.25, -0.2) is 9.37 Å². The van der Waals surface area contributed by atoms with E-state index < -0.39 is 0 Å². The zero-order valence-electron chi connectivity index (χ0n) is 14.6. The van der Waals surface area contributed by atoms with Gasteiger partial charge in [-0.3, -0.25) is 15.2 Å². The van der Waals surface area contributed by atoms with Crippen molar-refractivity contribution in [2.45, 2.75) is 32.5 Å². The van der Waals surface area contributed by atoms with Crippen LogP contribution in [0.1, 0.15) is 25.6 Å². The Kier molecular flexibility index (Phi) is 4.99. The average Bonchev–Trinajstić information content (AvgIpc) is 3.24. The number of fused-ring (bicyclic) bond motifs is 1. The highest BCUT2D eigenvalue weighted by atomic mass is 32.1. The summed E-state index contributed by atoms with van der Waals surface area (Å²) in [4.78, 5) is 20.7. The summed E-state index contributed by atoms with van der Waals surface area (Å²) in [6.07, 6.45) is 0.946. The maximum absolute atomic E-state index is 13.7. The lowest BCUT2D eigenvalue weighted by Crippen LogP contribution is -2.41. The molecule has 0 atom stereocenters. The molecular formula is C17H18FN5O3S. The van der Waals surface area contributed by atoms with Gasteiger partial charge in [0.2, 0.25) is 11.9 Å². The number of aromatic nitrogens is 4. The van der Waals surface area contributed by atoms with Gasteiger partial charge in [0.25, 0.3) is 0 Å². The summed E-state index contributed by atoms with van der Waals surface area (Å²) in [6, 6.07) is 2.77. The second-order valence-corrected chi connectivity index (χ2v) is 7.13. The van der Waals surface area contributed by atoms with Crippen LogP contribution in [0.2, 0.25) is 0 Å². The number of amides is 1. The normalized spacial score (nSPS) is 19.0. The van der Waals surface area contributed by atoms with Crippen LogP contribution in [0.15, 0.2) is 17.6 Å². The van der Waals surface area contributed by atoms with Gasteiger partial charge in [-0.15, -0.1) is 16.4 Å². The number of ether oxygens (including phenoxy) is 2. The van der Waals surface area contributed by atoms with Crippen LogP contribution in [0.25, 0.3) is 10.2 Å². The molecule has 1 saturated carbocycles. The summed E-state index contributed by atoms with van der Waals surface area (Å²) < 4.78 is 25.5. The number of hydrogen-bond acceptors (Lipinski definition) is 7. The van der Waals surface area contributed by atoms with Crippen LogP contribution >= 0.6 is 11.3 Å². The molecule has 1 aromatic carbocycles. The van der Waals surface area contributed by atoms with Gasteiger partial charge in [-0.05, 0) is 25.8 Å². The number of H-pyrrole nitrogens is 1. The molecule has 2 N–H and O–H groups in total. The third-order valence-corrected chi connectivity index (χ3v) is 5.11. The Bertz CT molecular complexity index is 953. The van der Waals surface area contributed by atoms with Crippen molar-refractivity contribution in [1.82, 2.24) is 20.2 Å². The molecule has 1 aliphatic rings. The van der Waals surface area contributed by atoms with E-state index in [1.54, 1.807) is 5.51 Å². The van der Waals surface area contributed by atoms with E-state index in [2.05, 4.69) is 25.5 Å². The SMILES string of the molecule is CCOCc1nc(NC(=O)C2CC(Oc3cc(F)cc4scnc34)C2)n[nH]1. The molecular weight excluding hydrogens is 373 g/mol. The number of hydrogen-bond donors (Lipinski definition) is 2. The van der Waals surface area contributed by atoms with Crippen LogP contribution in [0, 0.1) is 11.7 Å². The standard InChI is InChI=1S/C17H18FN5O3S/c1-2-25-7-14-20-17(23-22-14)21-16(24)9-3-11(4-9)26-12-5-10(18)6-13-15(12)19-8-27-13/h5-6,8-9,11H,2-4,7H2,1H3,(H2,20,21,22,23,24). The van der Waals surface area contributed by atoms with Crippen molar-refractivity contribution >= 4 is 33.4 Å². The van der Waals surface area contributed by atoms with Crippen molar-refractivity contribution in [3.05, 3.63) is 29.3 Å². The summed E-state index contributed by atoms with van der Waals surface area (Å²) in [5.74, 6) is 0.499. The molecule has 142 valence electrons. The monoisotopic (exact) mass is 391 g/mol. The van der Waals surface area contributed by atoms with Crippen LogP contribution in [-0.2, 0) is 16.1 Å². The Hall–Kier alpha value is -2.59. The fourth-order valence-electron chi connectivity index (χ4n) is 2.88. The molecule has 1 aliphatic carbocycles. The quantitative estimate of drug-likeness (QED) is 0.642. The maximum Gasteiger partial charge on any atom is 0.248 e. The lowest BCUT2D eigenvalue weighted by molar-refractivity contribution is -0.125. The third-order valence-electron chi connectivity index (χ3n) is 4.34. The number of thiazole rings is 1. The van der Waals surface area contributed by atoms with E-state index in [4.69, 9.17) is 9.47 Å². The summed E-state index contributed by atoms with van der Waals surface area (Å²) >= 11 is 1.36. The molecule has 0 spiro atoms. The summed E-state index contributed by atoms with van der Waals surface area (Å²) in [5, 5.41) is 9.35. The first-order valence-electron chi connectivity index (χ1n) is 8.61. The van der Waals surface area contributed by atoms with E-state index in [1.807, 2.05) is 6.92 Å². The Morgan fingerprint density at radius 2 is 2.30 bits per heavy atom. The van der Waals surface area contributed by atoms with E-state index in [0.29, 0.717) is 43.1 Å². The summed E-state index contributed by atoms with van der Waals surface area (Å²) in [5.41, 5.74) is 2.31. The number of aromatic amines is 1. The van der Waals surface area contributed by atoms with Crippen LogP contribution in [-0.4, -0.2) is 38.8 Å². The molecule has 0 unspecified atom stereocenters. The number of nitrogens with one attached hydrogen (secondary N) is 2. The van der Waals surface area contributed by atoms with Gasteiger partial charge in [-0.2, -0.15) is 4.98 Å². The van der Waals surface area contributed by atoms with Gasteiger partial charge in [-0.1, -0.05) is 0 Å². The maximum atomic E-state index is 13.7. The Balaban J connectivity index is 1.30. The van der Waals surface area contributed by atoms with E-state index in [1.165, 1.54) is 23.5 Å². The topological polar surface area (TPSA) is 102 Å². The van der Waals surface area contributed by atoms with E-state index in [-0.39, 0.29) is 29.7 Å². The molecule has 4 rings (SSSR count). The molecule has 1 amide bonds. The van der Waals surface area contributed by atoms with Crippen molar-refractivity contribution < 1.29 is 18.7 Å². The largest absolute Gasteiger partial charge is 0.488 e. The lowest BCUT2D eigenvalue weighted by atomic mass is 9.81. The smallest absolute Gasteiger partial charge is 0.248 e. The number of carbonyl (C=O) groups excluding carboxylic acids is 1. The molecule has 0 aliphatic heterocycles. The minimum Gasteiger partial charge on any atom is -0.488 e. The van der Waals surface area contributed by atoms with Gasteiger partial charge < -0.3 is 9.47 Å². The van der Waals surface area contributed by atoms with Crippen LogP contribution in [0.3, 0.4) is 0 Å². The first-order chi connectivity index (χ1) is 13.1. The van der Waals surface area contributed by atoms with Gasteiger partial charge in [0.15, 0.2) is 5.82 Å². The van der Waals surface area contributed by atoms with Crippen molar-refractivity contribution in [2.75, 3.05) is 11.9 Å². The minimum atomic E-state index is -0.358. The van der Waals surface area contributed by atoms with Crippen LogP contribution in [0.5, 0.6) is 5.75 Å². The van der Waals surface area contributed by atoms with Crippen molar-refractivity contribution in [2.24, 2.45) is 5.92 Å². The number of carbonyl (C=O) groups is 1. The third kappa shape index (κ3) is 3.91. The van der Waals surface area contributed by atoms with Crippen molar-refractivity contribution in [1.29, 1.82) is 0 Å². The van der Waals surface area contributed by atoms with Crippen LogP contribution in [0.4, 0.5) is 10.3 Å². The zero-order chi connectivity index (χ0) is 18.8. The van der Waals surface area contributed by atoms with Gasteiger partial charge in [0.05, 0.1) is 10.2 Å². The number of benzene rings is 1. The highest BCUT2D eigenvalue weighted by molar-refractivity contribution is 7.16. The Morgan fingerprint density at radius 3 is 3.11 bits per heavy atom. The predicted octanol–water partition coefficient (Wildman–Crippen LogP) is 2.89. The molecule has 3 aromatic rings.